The monoisotopic (exact) mass is 379 g/mol. The highest BCUT2D eigenvalue weighted by Gasteiger charge is 2.17. The van der Waals surface area contributed by atoms with Gasteiger partial charge in [-0.25, -0.2) is 0 Å². The average molecular weight is 381 g/mol. The standard InChI is InChI=1S/C11H11Br2NS2/c1-2-14-11(7-3-10(13)16-4-7)8-5-15-6-9(8)12/h3-6,11,14H,2H2,1H3. The summed E-state index contributed by atoms with van der Waals surface area (Å²) >= 11 is 10.6. The van der Waals surface area contributed by atoms with E-state index in [0.717, 1.165) is 6.54 Å². The van der Waals surface area contributed by atoms with E-state index < -0.39 is 0 Å². The fourth-order valence-corrected chi connectivity index (χ4v) is 4.34. The largest absolute Gasteiger partial charge is 0.306 e. The first-order chi connectivity index (χ1) is 7.72. The molecule has 0 saturated heterocycles. The second kappa shape index (κ2) is 5.78. The molecular weight excluding hydrogens is 370 g/mol. The molecule has 0 aromatic carbocycles. The number of nitrogens with one attached hydrogen (secondary N) is 1. The van der Waals surface area contributed by atoms with Crippen molar-refractivity contribution in [2.45, 2.75) is 13.0 Å². The molecule has 2 aromatic rings. The molecule has 0 radical (unpaired) electrons. The summed E-state index contributed by atoms with van der Waals surface area (Å²) in [4.78, 5) is 0. The maximum Gasteiger partial charge on any atom is 0.0701 e. The van der Waals surface area contributed by atoms with Crippen molar-refractivity contribution in [1.82, 2.24) is 5.32 Å². The van der Waals surface area contributed by atoms with E-state index in [9.17, 15) is 0 Å². The van der Waals surface area contributed by atoms with Crippen molar-refractivity contribution >= 4 is 54.5 Å². The molecule has 1 atom stereocenters. The first-order valence-electron chi connectivity index (χ1n) is 4.91. The van der Waals surface area contributed by atoms with E-state index in [1.165, 1.54) is 19.4 Å². The SMILES string of the molecule is CCNC(c1csc(Br)c1)c1cscc1Br. The molecule has 0 aliphatic rings. The summed E-state index contributed by atoms with van der Waals surface area (Å²) < 4.78 is 2.36. The minimum absolute atomic E-state index is 0.285. The van der Waals surface area contributed by atoms with Gasteiger partial charge in [0.05, 0.1) is 9.83 Å². The summed E-state index contributed by atoms with van der Waals surface area (Å²) in [5.74, 6) is 0. The lowest BCUT2D eigenvalue weighted by Crippen LogP contribution is -2.21. The Kier molecular flexibility index (Phi) is 4.61. The van der Waals surface area contributed by atoms with Crippen LogP contribution in [-0.4, -0.2) is 6.54 Å². The minimum Gasteiger partial charge on any atom is -0.306 e. The molecule has 1 N–H and O–H groups in total. The second-order valence-corrected chi connectivity index (χ2v) is 7.24. The molecule has 1 unspecified atom stereocenters. The van der Waals surface area contributed by atoms with Gasteiger partial charge in [0.25, 0.3) is 0 Å². The van der Waals surface area contributed by atoms with E-state index in [1.807, 2.05) is 0 Å². The fraction of sp³-hybridized carbons (Fsp3) is 0.273. The zero-order valence-corrected chi connectivity index (χ0v) is 13.5. The first-order valence-corrected chi connectivity index (χ1v) is 8.32. The molecule has 0 aliphatic carbocycles. The minimum atomic E-state index is 0.285. The molecule has 0 spiro atoms. The number of hydrogen-bond donors (Lipinski definition) is 1. The van der Waals surface area contributed by atoms with Crippen LogP contribution in [0.5, 0.6) is 0 Å². The van der Waals surface area contributed by atoms with Crippen LogP contribution in [0.25, 0.3) is 0 Å². The molecule has 2 aromatic heterocycles. The van der Waals surface area contributed by atoms with E-state index in [4.69, 9.17) is 0 Å². The number of halogens is 2. The van der Waals surface area contributed by atoms with Crippen LogP contribution in [0.3, 0.4) is 0 Å². The second-order valence-electron chi connectivity index (χ2n) is 3.35. The summed E-state index contributed by atoms with van der Waals surface area (Å²) in [5.41, 5.74) is 2.63. The van der Waals surface area contributed by atoms with Gasteiger partial charge in [0.1, 0.15) is 0 Å². The molecule has 5 heteroatoms. The molecule has 0 bridgehead atoms. The van der Waals surface area contributed by atoms with Crippen LogP contribution in [0.2, 0.25) is 0 Å². The normalized spacial score (nSPS) is 12.9. The predicted octanol–water partition coefficient (Wildman–Crippen LogP) is 5.03. The Morgan fingerprint density at radius 2 is 2.12 bits per heavy atom. The van der Waals surface area contributed by atoms with Gasteiger partial charge >= 0.3 is 0 Å². The van der Waals surface area contributed by atoms with Crippen LogP contribution in [0, 0.1) is 0 Å². The van der Waals surface area contributed by atoms with Gasteiger partial charge in [-0.1, -0.05) is 6.92 Å². The smallest absolute Gasteiger partial charge is 0.0701 e. The van der Waals surface area contributed by atoms with E-state index in [0.29, 0.717) is 0 Å². The van der Waals surface area contributed by atoms with Gasteiger partial charge in [-0.2, -0.15) is 11.3 Å². The van der Waals surface area contributed by atoms with Crippen LogP contribution in [0.4, 0.5) is 0 Å². The number of hydrogen-bond acceptors (Lipinski definition) is 3. The van der Waals surface area contributed by atoms with Crippen molar-refractivity contribution in [2.75, 3.05) is 6.54 Å². The van der Waals surface area contributed by atoms with Crippen molar-refractivity contribution in [2.24, 2.45) is 0 Å². The molecule has 0 amide bonds. The third-order valence-electron chi connectivity index (χ3n) is 2.28. The molecule has 86 valence electrons. The summed E-state index contributed by atoms with van der Waals surface area (Å²) in [6, 6.07) is 2.47. The Bertz CT molecular complexity index is 464. The summed E-state index contributed by atoms with van der Waals surface area (Å²) in [6.45, 7) is 3.09. The maximum atomic E-state index is 3.60. The van der Waals surface area contributed by atoms with Gasteiger partial charge in [0.2, 0.25) is 0 Å². The lowest BCUT2D eigenvalue weighted by atomic mass is 10.1. The highest BCUT2D eigenvalue weighted by Crippen LogP contribution is 2.34. The Balaban J connectivity index is 2.34. The van der Waals surface area contributed by atoms with Gasteiger partial charge in [-0.3, -0.25) is 0 Å². The van der Waals surface area contributed by atoms with Gasteiger partial charge < -0.3 is 5.32 Å². The fourth-order valence-electron chi connectivity index (χ4n) is 1.58. The zero-order chi connectivity index (χ0) is 11.5. The molecule has 16 heavy (non-hydrogen) atoms. The molecule has 0 saturated carbocycles. The van der Waals surface area contributed by atoms with Crippen molar-refractivity contribution in [3.05, 3.63) is 41.6 Å². The summed E-state index contributed by atoms with van der Waals surface area (Å²) in [7, 11) is 0. The van der Waals surface area contributed by atoms with E-state index in [1.54, 1.807) is 22.7 Å². The van der Waals surface area contributed by atoms with Crippen LogP contribution in [0.1, 0.15) is 24.1 Å². The molecular formula is C11H11Br2NS2. The third kappa shape index (κ3) is 2.76. The molecule has 2 heterocycles. The molecule has 1 nitrogen and oxygen atoms in total. The van der Waals surface area contributed by atoms with Crippen molar-refractivity contribution in [3.63, 3.8) is 0 Å². The highest BCUT2D eigenvalue weighted by atomic mass is 79.9. The Morgan fingerprint density at radius 1 is 1.31 bits per heavy atom. The molecule has 0 aliphatic heterocycles. The molecule has 0 fully saturated rings. The molecule has 2 rings (SSSR count). The number of rotatable bonds is 4. The predicted molar refractivity (Wildman–Crippen MR) is 79.6 cm³/mol. The quantitative estimate of drug-likeness (QED) is 0.783. The van der Waals surface area contributed by atoms with Crippen LogP contribution in [-0.2, 0) is 0 Å². The average Bonchev–Trinajstić information content (AvgIpc) is 2.84. The van der Waals surface area contributed by atoms with Gasteiger partial charge in [0.15, 0.2) is 0 Å². The third-order valence-corrected chi connectivity index (χ3v) is 5.56. The van der Waals surface area contributed by atoms with Crippen molar-refractivity contribution in [1.29, 1.82) is 0 Å². The van der Waals surface area contributed by atoms with Gasteiger partial charge in [0, 0.05) is 9.85 Å². The van der Waals surface area contributed by atoms with E-state index in [-0.39, 0.29) is 6.04 Å². The Morgan fingerprint density at radius 3 is 2.62 bits per heavy atom. The number of thiophene rings is 2. The van der Waals surface area contributed by atoms with Gasteiger partial charge in [-0.05, 0) is 66.4 Å². The summed E-state index contributed by atoms with van der Waals surface area (Å²) in [6.07, 6.45) is 0. The van der Waals surface area contributed by atoms with Crippen LogP contribution >= 0.6 is 54.5 Å². The first kappa shape index (κ1) is 12.8. The van der Waals surface area contributed by atoms with E-state index >= 15 is 0 Å². The lowest BCUT2D eigenvalue weighted by molar-refractivity contribution is 0.632. The summed E-state index contributed by atoms with van der Waals surface area (Å²) in [5, 5.41) is 10.0. The Labute approximate surface area is 120 Å². The maximum absolute atomic E-state index is 3.60. The zero-order valence-electron chi connectivity index (χ0n) is 8.67. The van der Waals surface area contributed by atoms with Crippen LogP contribution < -0.4 is 5.32 Å². The van der Waals surface area contributed by atoms with Gasteiger partial charge in [-0.15, -0.1) is 11.3 Å². The van der Waals surface area contributed by atoms with Crippen molar-refractivity contribution < 1.29 is 0 Å². The van der Waals surface area contributed by atoms with Crippen molar-refractivity contribution in [3.8, 4) is 0 Å². The van der Waals surface area contributed by atoms with E-state index in [2.05, 4.69) is 66.3 Å². The Hall–Kier alpha value is 0.320. The lowest BCUT2D eigenvalue weighted by Gasteiger charge is -2.16. The van der Waals surface area contributed by atoms with Crippen LogP contribution in [0.15, 0.2) is 30.5 Å². The topological polar surface area (TPSA) is 12.0 Å². The highest BCUT2D eigenvalue weighted by molar-refractivity contribution is 9.11.